The third kappa shape index (κ3) is 4.57. The van der Waals surface area contributed by atoms with Crippen molar-refractivity contribution >= 4 is 33.6 Å². The van der Waals surface area contributed by atoms with E-state index >= 15 is 0 Å². The van der Waals surface area contributed by atoms with E-state index in [0.717, 1.165) is 10.0 Å². The Hall–Kier alpha value is -2.92. The molecule has 0 atom stereocenters. The number of amides is 1. The summed E-state index contributed by atoms with van der Waals surface area (Å²) in [5.41, 5.74) is 6.15. The van der Waals surface area contributed by atoms with E-state index in [-0.39, 0.29) is 6.42 Å². The number of carbonyl (C=O) groups excluding carboxylic acids is 1. The summed E-state index contributed by atoms with van der Waals surface area (Å²) in [4.78, 5) is 15.7. The summed E-state index contributed by atoms with van der Waals surface area (Å²) in [5.74, 6) is 2.04. The number of halogens is 1. The fraction of sp³-hybridized carbons (Fsp3) is 0.167. The first-order valence-electron chi connectivity index (χ1n) is 8.57. The Morgan fingerprint density at radius 3 is 2.90 bits per heavy atom. The predicted octanol–water partition coefficient (Wildman–Crippen LogP) is 3.52. The summed E-state index contributed by atoms with van der Waals surface area (Å²) in [6.07, 6.45) is 1.71. The maximum atomic E-state index is 11.2. The Bertz CT molecular complexity index is 1120. The molecule has 2 N–H and O–H groups in total. The Balaban J connectivity index is 1.52. The highest BCUT2D eigenvalue weighted by Gasteiger charge is 2.18. The summed E-state index contributed by atoms with van der Waals surface area (Å²) in [6, 6.07) is 11.2. The molecule has 148 valence electrons. The molecule has 4 rings (SSSR count). The number of nitrogens with two attached hydrogens (primary N) is 1. The lowest BCUT2D eigenvalue weighted by atomic mass is 10.2. The van der Waals surface area contributed by atoms with Crippen LogP contribution in [0, 0.1) is 0 Å². The van der Waals surface area contributed by atoms with E-state index in [1.807, 2.05) is 24.3 Å². The molecule has 0 saturated heterocycles. The quantitative estimate of drug-likeness (QED) is 0.384. The molecule has 9 nitrogen and oxygen atoms in total. The maximum Gasteiger partial charge on any atom is 0.237 e. The number of carbonyl (C=O) groups is 1. The smallest absolute Gasteiger partial charge is 0.237 e. The Morgan fingerprint density at radius 2 is 2.14 bits per heavy atom. The lowest BCUT2D eigenvalue weighted by Gasteiger charge is -2.06. The van der Waals surface area contributed by atoms with Crippen LogP contribution in [0.15, 0.2) is 61.2 Å². The van der Waals surface area contributed by atoms with Crippen LogP contribution in [0.1, 0.15) is 12.3 Å². The molecule has 3 aromatic heterocycles. The van der Waals surface area contributed by atoms with Crippen molar-refractivity contribution in [1.29, 1.82) is 0 Å². The summed E-state index contributed by atoms with van der Waals surface area (Å²) in [5, 5.41) is 13.0. The van der Waals surface area contributed by atoms with Crippen molar-refractivity contribution in [3.63, 3.8) is 0 Å². The van der Waals surface area contributed by atoms with E-state index in [1.165, 1.54) is 11.8 Å². The zero-order valence-corrected chi connectivity index (χ0v) is 17.4. The van der Waals surface area contributed by atoms with Gasteiger partial charge in [0, 0.05) is 23.0 Å². The van der Waals surface area contributed by atoms with Crippen molar-refractivity contribution in [3.05, 3.63) is 53.0 Å². The molecule has 0 aliphatic heterocycles. The van der Waals surface area contributed by atoms with Gasteiger partial charge in [0.25, 0.3) is 0 Å². The van der Waals surface area contributed by atoms with Gasteiger partial charge in [-0.05, 0) is 24.3 Å². The third-order valence-corrected chi connectivity index (χ3v) is 5.36. The van der Waals surface area contributed by atoms with Gasteiger partial charge in [0.15, 0.2) is 16.7 Å². The molecule has 1 aromatic carbocycles. The fourth-order valence-electron chi connectivity index (χ4n) is 2.59. The number of hydrogen-bond donors (Lipinski definition) is 1. The predicted molar refractivity (Wildman–Crippen MR) is 109 cm³/mol. The molecule has 0 spiro atoms. The van der Waals surface area contributed by atoms with Gasteiger partial charge in [-0.25, -0.2) is 0 Å². The van der Waals surface area contributed by atoms with Crippen LogP contribution < -0.4 is 5.73 Å². The summed E-state index contributed by atoms with van der Waals surface area (Å²) < 4.78 is 13.5. The molecule has 4 aromatic rings. The van der Waals surface area contributed by atoms with Crippen LogP contribution in [0.4, 0.5) is 0 Å². The van der Waals surface area contributed by atoms with Crippen molar-refractivity contribution in [2.45, 2.75) is 23.9 Å². The van der Waals surface area contributed by atoms with E-state index in [9.17, 15) is 4.79 Å². The van der Waals surface area contributed by atoms with Crippen LogP contribution in [0.2, 0.25) is 0 Å². The molecule has 3 heterocycles. The Kier molecular flexibility index (Phi) is 5.76. The molecule has 0 unspecified atom stereocenters. The molecule has 29 heavy (non-hydrogen) atoms. The number of benzene rings is 1. The van der Waals surface area contributed by atoms with Crippen molar-refractivity contribution in [2.24, 2.45) is 5.73 Å². The van der Waals surface area contributed by atoms with Crippen molar-refractivity contribution in [2.75, 3.05) is 0 Å². The zero-order valence-electron chi connectivity index (χ0n) is 15.0. The van der Waals surface area contributed by atoms with Crippen molar-refractivity contribution in [3.8, 4) is 23.0 Å². The Labute approximate surface area is 177 Å². The average Bonchev–Trinajstić information content (AvgIpc) is 3.44. The van der Waals surface area contributed by atoms with Gasteiger partial charge < -0.3 is 14.7 Å². The Morgan fingerprint density at radius 1 is 1.24 bits per heavy atom. The number of aromatic nitrogens is 5. The molecule has 0 saturated carbocycles. The molecule has 0 aliphatic carbocycles. The molecule has 0 bridgehead atoms. The minimum absolute atomic E-state index is 0.160. The second-order valence-corrected chi connectivity index (χ2v) is 7.82. The SMILES string of the molecule is NC(=O)CCn1c(SCc2nc(-c3cccc(Br)c3)no2)nnc1-c1ccco1. The molecule has 11 heteroatoms. The lowest BCUT2D eigenvalue weighted by molar-refractivity contribution is -0.118. The van der Waals surface area contributed by atoms with Crippen LogP contribution in [-0.2, 0) is 17.1 Å². The van der Waals surface area contributed by atoms with Gasteiger partial charge in [0.2, 0.25) is 17.6 Å². The number of hydrogen-bond acceptors (Lipinski definition) is 8. The molecular formula is C18H15BrN6O3S. The van der Waals surface area contributed by atoms with Gasteiger partial charge in [-0.3, -0.25) is 9.36 Å². The van der Waals surface area contributed by atoms with Gasteiger partial charge >= 0.3 is 0 Å². The van der Waals surface area contributed by atoms with Crippen LogP contribution in [0.25, 0.3) is 23.0 Å². The molecule has 0 radical (unpaired) electrons. The first-order valence-corrected chi connectivity index (χ1v) is 10.3. The van der Waals surface area contributed by atoms with Gasteiger partial charge in [0.1, 0.15) is 0 Å². The van der Waals surface area contributed by atoms with E-state index < -0.39 is 5.91 Å². The number of nitrogens with zero attached hydrogens (tertiary/aromatic N) is 5. The van der Waals surface area contributed by atoms with E-state index in [4.69, 9.17) is 14.7 Å². The van der Waals surface area contributed by atoms with Crippen LogP contribution >= 0.6 is 27.7 Å². The summed E-state index contributed by atoms with van der Waals surface area (Å²) in [6.45, 7) is 0.341. The maximum absolute atomic E-state index is 11.2. The minimum Gasteiger partial charge on any atom is -0.461 e. The van der Waals surface area contributed by atoms with E-state index in [0.29, 0.717) is 40.8 Å². The second kappa shape index (κ2) is 8.62. The number of thioether (sulfide) groups is 1. The van der Waals surface area contributed by atoms with Gasteiger partial charge in [-0.15, -0.1) is 10.2 Å². The van der Waals surface area contributed by atoms with Crippen molar-refractivity contribution in [1.82, 2.24) is 24.9 Å². The highest BCUT2D eigenvalue weighted by molar-refractivity contribution is 9.10. The molecule has 0 fully saturated rings. The molecule has 0 aliphatic rings. The van der Waals surface area contributed by atoms with Crippen molar-refractivity contribution < 1.29 is 13.7 Å². The second-order valence-electron chi connectivity index (χ2n) is 5.96. The topological polar surface area (TPSA) is 126 Å². The molecular weight excluding hydrogens is 460 g/mol. The fourth-order valence-corrected chi connectivity index (χ4v) is 3.79. The average molecular weight is 475 g/mol. The van der Waals surface area contributed by atoms with Crippen LogP contribution in [0.3, 0.4) is 0 Å². The van der Waals surface area contributed by atoms with E-state index in [2.05, 4.69) is 36.3 Å². The lowest BCUT2D eigenvalue weighted by Crippen LogP contribution is -2.15. The largest absolute Gasteiger partial charge is 0.461 e. The summed E-state index contributed by atoms with van der Waals surface area (Å²) >= 11 is 4.80. The first-order chi connectivity index (χ1) is 14.1. The highest BCUT2D eigenvalue weighted by Crippen LogP contribution is 2.27. The summed E-state index contributed by atoms with van der Waals surface area (Å²) in [7, 11) is 0. The van der Waals surface area contributed by atoms with Crippen LogP contribution in [-0.4, -0.2) is 30.8 Å². The molecule has 1 amide bonds. The monoisotopic (exact) mass is 474 g/mol. The van der Waals surface area contributed by atoms with Gasteiger partial charge in [-0.2, -0.15) is 4.98 Å². The highest BCUT2D eigenvalue weighted by atomic mass is 79.9. The van der Waals surface area contributed by atoms with Gasteiger partial charge in [0.05, 0.1) is 12.0 Å². The standard InChI is InChI=1S/C18H15BrN6O3S/c19-12-4-1-3-11(9-12)16-21-15(28-24-16)10-29-18-23-22-17(13-5-2-8-27-13)25(18)7-6-14(20)26/h1-5,8-9H,6-7,10H2,(H2,20,26). The number of rotatable bonds is 8. The number of furan rings is 1. The van der Waals surface area contributed by atoms with Crippen LogP contribution in [0.5, 0.6) is 0 Å². The zero-order chi connectivity index (χ0) is 20.2. The first kappa shape index (κ1) is 19.4. The minimum atomic E-state index is -0.407. The third-order valence-electron chi connectivity index (χ3n) is 3.92. The number of primary amides is 1. The normalized spacial score (nSPS) is 11.1. The van der Waals surface area contributed by atoms with E-state index in [1.54, 1.807) is 23.0 Å². The van der Waals surface area contributed by atoms with Gasteiger partial charge in [-0.1, -0.05) is 45.0 Å².